The van der Waals surface area contributed by atoms with Crippen molar-refractivity contribution >= 4 is 5.97 Å². The van der Waals surface area contributed by atoms with Crippen molar-refractivity contribution in [2.45, 2.75) is 38.7 Å². The third kappa shape index (κ3) is 7.33. The van der Waals surface area contributed by atoms with Crippen LogP contribution in [0.2, 0.25) is 0 Å². The fourth-order valence-electron chi connectivity index (χ4n) is 1.12. The second kappa shape index (κ2) is 6.16. The number of carboxylic acid groups (broad SMARTS) is 1. The minimum atomic E-state index is -0.833. The van der Waals surface area contributed by atoms with Crippen molar-refractivity contribution in [2.75, 3.05) is 7.11 Å². The summed E-state index contributed by atoms with van der Waals surface area (Å²) in [7, 11) is 1.80. The summed E-state index contributed by atoms with van der Waals surface area (Å²) in [5.41, 5.74) is 0. The molecule has 0 spiro atoms. The quantitative estimate of drug-likeness (QED) is 0.634. The van der Waals surface area contributed by atoms with E-state index in [2.05, 4.69) is 0 Å². The van der Waals surface area contributed by atoms with Gasteiger partial charge in [-0.25, -0.2) is 0 Å². The highest BCUT2D eigenvalue weighted by molar-refractivity contribution is 5.62. The van der Waals surface area contributed by atoms with Crippen molar-refractivity contribution in [3.63, 3.8) is 0 Å². The predicted molar refractivity (Wildman–Crippen MR) is 42.6 cm³/mol. The van der Waals surface area contributed by atoms with Gasteiger partial charge in [-0.3, -0.25) is 4.79 Å². The highest BCUT2D eigenvalue weighted by Crippen LogP contribution is 2.19. The average molecular weight is 160 g/mol. The van der Waals surface area contributed by atoms with E-state index in [0.717, 1.165) is 6.92 Å². The molecule has 3 heteroatoms. The fourth-order valence-corrected chi connectivity index (χ4v) is 1.12. The smallest absolute Gasteiger partial charge is 0.300 e. The van der Waals surface area contributed by atoms with Crippen LogP contribution in [0.15, 0.2) is 0 Å². The Labute approximate surface area is 67.4 Å². The van der Waals surface area contributed by atoms with Crippen LogP contribution in [-0.4, -0.2) is 24.3 Å². The summed E-state index contributed by atoms with van der Waals surface area (Å²) in [6.45, 7) is 1.08. The Kier molecular flexibility index (Phi) is 5.84. The van der Waals surface area contributed by atoms with Crippen molar-refractivity contribution < 1.29 is 14.6 Å². The molecule has 66 valence electrons. The van der Waals surface area contributed by atoms with Gasteiger partial charge in [0.1, 0.15) is 0 Å². The summed E-state index contributed by atoms with van der Waals surface area (Å²) in [5, 5.41) is 7.42. The maximum atomic E-state index is 9.00. The Morgan fingerprint density at radius 1 is 1.45 bits per heavy atom. The summed E-state index contributed by atoms with van der Waals surface area (Å²) in [5.74, 6) is -0.833. The molecule has 0 bridgehead atoms. The second-order valence-electron chi connectivity index (χ2n) is 2.66. The van der Waals surface area contributed by atoms with Crippen LogP contribution in [0.5, 0.6) is 0 Å². The number of hydrogen-bond donors (Lipinski definition) is 1. The highest BCUT2D eigenvalue weighted by Gasteiger charge is 2.12. The van der Waals surface area contributed by atoms with Crippen LogP contribution < -0.4 is 0 Å². The van der Waals surface area contributed by atoms with Crippen LogP contribution >= 0.6 is 0 Å². The molecule has 0 radical (unpaired) electrons. The molecule has 0 unspecified atom stereocenters. The molecular weight excluding hydrogens is 144 g/mol. The molecule has 0 aromatic heterocycles. The summed E-state index contributed by atoms with van der Waals surface area (Å²) in [6, 6.07) is 0. The number of carbonyl (C=O) groups is 1. The lowest BCUT2D eigenvalue weighted by Crippen LogP contribution is -2.01. The van der Waals surface area contributed by atoms with Gasteiger partial charge in [0, 0.05) is 14.0 Å². The van der Waals surface area contributed by atoms with Crippen molar-refractivity contribution in [2.24, 2.45) is 0 Å². The van der Waals surface area contributed by atoms with E-state index in [-0.39, 0.29) is 0 Å². The normalized spacial score (nSPS) is 17.3. The van der Waals surface area contributed by atoms with Crippen molar-refractivity contribution in [3.8, 4) is 0 Å². The standard InChI is InChI=1S/C6H12O.C2H4O2/c1-7-6-4-2-3-5-6;1-2(3)4/h6H,2-5H2,1H3;1H3,(H,3,4). The third-order valence-corrected chi connectivity index (χ3v) is 1.64. The first-order chi connectivity index (χ1) is 5.16. The van der Waals surface area contributed by atoms with Crippen LogP contribution in [0, 0.1) is 0 Å². The van der Waals surface area contributed by atoms with Crippen molar-refractivity contribution in [1.29, 1.82) is 0 Å². The molecule has 0 aromatic rings. The highest BCUT2D eigenvalue weighted by atomic mass is 16.5. The zero-order valence-electron chi connectivity index (χ0n) is 7.17. The van der Waals surface area contributed by atoms with Crippen LogP contribution in [0.3, 0.4) is 0 Å². The minimum absolute atomic E-state index is 0.597. The van der Waals surface area contributed by atoms with E-state index in [1.54, 1.807) is 7.11 Å². The van der Waals surface area contributed by atoms with Crippen molar-refractivity contribution in [1.82, 2.24) is 0 Å². The van der Waals surface area contributed by atoms with Gasteiger partial charge < -0.3 is 9.84 Å². The van der Waals surface area contributed by atoms with Gasteiger partial charge in [0.25, 0.3) is 5.97 Å². The maximum absolute atomic E-state index is 9.00. The molecule has 0 amide bonds. The Bertz CT molecular complexity index is 102. The molecule has 0 aromatic carbocycles. The molecule has 0 heterocycles. The molecular formula is C8H16O3. The Morgan fingerprint density at radius 2 is 1.82 bits per heavy atom. The lowest BCUT2D eigenvalue weighted by Gasteiger charge is -2.02. The predicted octanol–water partition coefficient (Wildman–Crippen LogP) is 1.67. The largest absolute Gasteiger partial charge is 0.481 e. The lowest BCUT2D eigenvalue weighted by molar-refractivity contribution is -0.134. The monoisotopic (exact) mass is 160 g/mol. The number of aliphatic carboxylic acids is 1. The molecule has 1 N–H and O–H groups in total. The van der Waals surface area contributed by atoms with E-state index in [1.807, 2.05) is 0 Å². The minimum Gasteiger partial charge on any atom is -0.481 e. The van der Waals surface area contributed by atoms with E-state index in [0.29, 0.717) is 6.10 Å². The first kappa shape index (κ1) is 10.4. The van der Waals surface area contributed by atoms with Gasteiger partial charge in [-0.15, -0.1) is 0 Å². The first-order valence-corrected chi connectivity index (χ1v) is 3.89. The van der Waals surface area contributed by atoms with Crippen LogP contribution in [0.1, 0.15) is 32.6 Å². The molecule has 3 nitrogen and oxygen atoms in total. The number of ether oxygens (including phenoxy) is 1. The van der Waals surface area contributed by atoms with Gasteiger partial charge in [-0.05, 0) is 12.8 Å². The Morgan fingerprint density at radius 3 is 2.00 bits per heavy atom. The third-order valence-electron chi connectivity index (χ3n) is 1.64. The molecule has 0 aliphatic heterocycles. The molecule has 11 heavy (non-hydrogen) atoms. The van der Waals surface area contributed by atoms with Crippen LogP contribution in [-0.2, 0) is 9.53 Å². The summed E-state index contributed by atoms with van der Waals surface area (Å²) < 4.78 is 5.11. The van der Waals surface area contributed by atoms with Gasteiger partial charge >= 0.3 is 0 Å². The zero-order chi connectivity index (χ0) is 8.69. The van der Waals surface area contributed by atoms with Gasteiger partial charge in [0.05, 0.1) is 6.10 Å². The molecule has 1 saturated carbocycles. The lowest BCUT2D eigenvalue weighted by atomic mass is 10.3. The number of carboxylic acids is 1. The average Bonchev–Trinajstić information content (AvgIpc) is 2.36. The molecule has 1 rings (SSSR count). The molecule has 1 aliphatic rings. The van der Waals surface area contributed by atoms with Crippen molar-refractivity contribution in [3.05, 3.63) is 0 Å². The first-order valence-electron chi connectivity index (χ1n) is 3.89. The number of hydrogen-bond acceptors (Lipinski definition) is 2. The summed E-state index contributed by atoms with van der Waals surface area (Å²) >= 11 is 0. The SMILES string of the molecule is CC(=O)O.COC1CCCC1. The maximum Gasteiger partial charge on any atom is 0.300 e. The number of methoxy groups -OCH3 is 1. The summed E-state index contributed by atoms with van der Waals surface area (Å²) in [6.07, 6.45) is 5.92. The molecule has 1 aliphatic carbocycles. The number of rotatable bonds is 1. The van der Waals surface area contributed by atoms with E-state index >= 15 is 0 Å². The molecule has 1 fully saturated rings. The second-order valence-corrected chi connectivity index (χ2v) is 2.66. The van der Waals surface area contributed by atoms with Crippen LogP contribution in [0.25, 0.3) is 0 Å². The topological polar surface area (TPSA) is 46.5 Å². The molecule has 0 saturated heterocycles. The van der Waals surface area contributed by atoms with Gasteiger partial charge in [0.2, 0.25) is 0 Å². The van der Waals surface area contributed by atoms with Gasteiger partial charge in [-0.2, -0.15) is 0 Å². The van der Waals surface area contributed by atoms with Gasteiger partial charge in [0.15, 0.2) is 0 Å². The Hall–Kier alpha value is -0.570. The Balaban J connectivity index is 0.000000218. The zero-order valence-corrected chi connectivity index (χ0v) is 7.17. The van der Waals surface area contributed by atoms with E-state index in [1.165, 1.54) is 25.7 Å². The van der Waals surface area contributed by atoms with Crippen LogP contribution in [0.4, 0.5) is 0 Å². The van der Waals surface area contributed by atoms with E-state index in [9.17, 15) is 0 Å². The fraction of sp³-hybridized carbons (Fsp3) is 0.875. The van der Waals surface area contributed by atoms with Gasteiger partial charge in [-0.1, -0.05) is 12.8 Å². The van der Waals surface area contributed by atoms with E-state index < -0.39 is 5.97 Å². The summed E-state index contributed by atoms with van der Waals surface area (Å²) in [4.78, 5) is 9.00. The molecule has 0 atom stereocenters. The van der Waals surface area contributed by atoms with E-state index in [4.69, 9.17) is 14.6 Å².